The van der Waals surface area contributed by atoms with E-state index >= 15 is 0 Å². The van der Waals surface area contributed by atoms with Gasteiger partial charge in [-0.25, -0.2) is 0 Å². The SMILES string of the molecule is C#CC(C)(C)NC(=O)c1cc(CC(=O)Cc2ccc(Cl)c(O)c2)ccn1. The van der Waals surface area contributed by atoms with Crippen LogP contribution in [0.3, 0.4) is 0 Å². The number of amides is 1. The van der Waals surface area contributed by atoms with Crippen molar-refractivity contribution in [2.75, 3.05) is 0 Å². The summed E-state index contributed by atoms with van der Waals surface area (Å²) in [6, 6.07) is 7.95. The predicted octanol–water partition coefficient (Wildman–Crippen LogP) is 2.94. The van der Waals surface area contributed by atoms with Gasteiger partial charge in [0.1, 0.15) is 17.2 Å². The summed E-state index contributed by atoms with van der Waals surface area (Å²) < 4.78 is 0. The first-order valence-corrected chi connectivity index (χ1v) is 8.32. The number of halogens is 1. The lowest BCUT2D eigenvalue weighted by atomic mass is 10.0. The maximum atomic E-state index is 12.3. The summed E-state index contributed by atoms with van der Waals surface area (Å²) in [6.45, 7) is 3.42. The number of rotatable bonds is 6. The lowest BCUT2D eigenvalue weighted by Crippen LogP contribution is -2.42. The fourth-order valence-electron chi connectivity index (χ4n) is 2.28. The minimum Gasteiger partial charge on any atom is -0.506 e. The van der Waals surface area contributed by atoms with Gasteiger partial charge in [-0.2, -0.15) is 0 Å². The minimum absolute atomic E-state index is 0.0593. The summed E-state index contributed by atoms with van der Waals surface area (Å²) in [5, 5.41) is 12.5. The molecule has 1 amide bonds. The number of terminal acetylenes is 1. The zero-order valence-corrected chi connectivity index (χ0v) is 15.3. The van der Waals surface area contributed by atoms with Crippen molar-refractivity contribution in [2.45, 2.75) is 32.2 Å². The van der Waals surface area contributed by atoms with E-state index in [1.807, 2.05) is 0 Å². The van der Waals surface area contributed by atoms with Crippen LogP contribution in [0.1, 0.15) is 35.5 Å². The summed E-state index contributed by atoms with van der Waals surface area (Å²) in [5.74, 6) is 1.96. The molecule has 1 aromatic carbocycles. The fourth-order valence-corrected chi connectivity index (χ4v) is 2.40. The number of phenolic OH excluding ortho intramolecular Hbond substituents is 1. The van der Waals surface area contributed by atoms with Gasteiger partial charge in [0.15, 0.2) is 0 Å². The van der Waals surface area contributed by atoms with Gasteiger partial charge in [0.25, 0.3) is 5.91 Å². The predicted molar refractivity (Wildman–Crippen MR) is 100 cm³/mol. The number of Topliss-reactive ketones (excluding diaryl/α,β-unsaturated/α-hetero) is 1. The highest BCUT2D eigenvalue weighted by atomic mass is 35.5. The first-order valence-electron chi connectivity index (χ1n) is 7.94. The third-order valence-electron chi connectivity index (χ3n) is 3.66. The van der Waals surface area contributed by atoms with Crippen LogP contribution in [0.4, 0.5) is 0 Å². The molecule has 0 unspecified atom stereocenters. The topological polar surface area (TPSA) is 79.3 Å². The third-order valence-corrected chi connectivity index (χ3v) is 3.98. The van der Waals surface area contributed by atoms with E-state index < -0.39 is 11.4 Å². The number of phenols is 1. The number of aromatic hydroxyl groups is 1. The smallest absolute Gasteiger partial charge is 0.271 e. The van der Waals surface area contributed by atoms with E-state index in [1.165, 1.54) is 12.3 Å². The highest BCUT2D eigenvalue weighted by Gasteiger charge is 2.19. The van der Waals surface area contributed by atoms with Crippen LogP contribution in [0.25, 0.3) is 0 Å². The lowest BCUT2D eigenvalue weighted by Gasteiger charge is -2.19. The van der Waals surface area contributed by atoms with Crippen molar-refractivity contribution in [1.82, 2.24) is 10.3 Å². The van der Waals surface area contributed by atoms with Gasteiger partial charge in [-0.1, -0.05) is 23.6 Å². The quantitative estimate of drug-likeness (QED) is 0.766. The van der Waals surface area contributed by atoms with Gasteiger partial charge >= 0.3 is 0 Å². The molecule has 0 atom stereocenters. The van der Waals surface area contributed by atoms with Gasteiger partial charge in [0.2, 0.25) is 0 Å². The van der Waals surface area contributed by atoms with Crippen LogP contribution in [0.5, 0.6) is 5.75 Å². The van der Waals surface area contributed by atoms with E-state index in [-0.39, 0.29) is 35.1 Å². The summed E-state index contributed by atoms with van der Waals surface area (Å²) in [5.41, 5.74) is 0.746. The molecule has 0 aliphatic rings. The standard InChI is InChI=1S/C20H19ClN2O3/c1-4-20(2,3)23-19(26)17-11-14(7-8-22-17)10-15(24)9-13-5-6-16(21)18(25)12-13/h1,5-8,11-12,25H,9-10H2,2-3H3,(H,23,26). The largest absolute Gasteiger partial charge is 0.506 e. The molecular formula is C20H19ClN2O3. The Kier molecular flexibility index (Phi) is 6.01. The zero-order chi connectivity index (χ0) is 19.3. The number of nitrogens with one attached hydrogen (secondary N) is 1. The van der Waals surface area contributed by atoms with Gasteiger partial charge < -0.3 is 10.4 Å². The van der Waals surface area contributed by atoms with Gasteiger partial charge in [-0.3, -0.25) is 14.6 Å². The normalized spacial score (nSPS) is 10.8. The van der Waals surface area contributed by atoms with Crippen molar-refractivity contribution in [3.8, 4) is 18.1 Å². The van der Waals surface area contributed by atoms with Crippen molar-refractivity contribution in [2.24, 2.45) is 0 Å². The number of pyridine rings is 1. The molecular weight excluding hydrogens is 352 g/mol. The van der Waals surface area contributed by atoms with Crippen molar-refractivity contribution >= 4 is 23.3 Å². The highest BCUT2D eigenvalue weighted by molar-refractivity contribution is 6.32. The Balaban J connectivity index is 2.05. The van der Waals surface area contributed by atoms with Gasteiger partial charge in [-0.05, 0) is 49.2 Å². The van der Waals surface area contributed by atoms with E-state index in [1.54, 1.807) is 38.1 Å². The second-order valence-electron chi connectivity index (χ2n) is 6.45. The summed E-state index contributed by atoms with van der Waals surface area (Å²) in [6.07, 6.45) is 7.14. The monoisotopic (exact) mass is 370 g/mol. The van der Waals surface area contributed by atoms with Gasteiger partial charge in [0.05, 0.1) is 10.6 Å². The summed E-state index contributed by atoms with van der Waals surface area (Å²) in [7, 11) is 0. The van der Waals surface area contributed by atoms with Crippen LogP contribution >= 0.6 is 11.6 Å². The molecule has 0 saturated heterocycles. The lowest BCUT2D eigenvalue weighted by molar-refractivity contribution is -0.117. The Labute approximate surface area is 157 Å². The van der Waals surface area contributed by atoms with Gasteiger partial charge in [0, 0.05) is 19.0 Å². The van der Waals surface area contributed by atoms with Crippen LogP contribution in [-0.4, -0.2) is 27.3 Å². The molecule has 0 radical (unpaired) electrons. The molecule has 2 rings (SSSR count). The number of aromatic nitrogens is 1. The minimum atomic E-state index is -0.791. The second kappa shape index (κ2) is 8.03. The highest BCUT2D eigenvalue weighted by Crippen LogP contribution is 2.24. The molecule has 26 heavy (non-hydrogen) atoms. The van der Waals surface area contributed by atoms with Crippen LogP contribution in [0, 0.1) is 12.3 Å². The van der Waals surface area contributed by atoms with E-state index in [0.717, 1.165) is 0 Å². The molecule has 6 heteroatoms. The number of ketones is 1. The molecule has 5 nitrogen and oxygen atoms in total. The van der Waals surface area contributed by atoms with Crippen LogP contribution in [0.2, 0.25) is 5.02 Å². The molecule has 0 spiro atoms. The summed E-state index contributed by atoms with van der Waals surface area (Å²) >= 11 is 5.76. The van der Waals surface area contributed by atoms with E-state index in [9.17, 15) is 14.7 Å². The molecule has 0 aliphatic carbocycles. The number of hydrogen-bond acceptors (Lipinski definition) is 4. The Morgan fingerprint density at radius 1 is 1.23 bits per heavy atom. The Morgan fingerprint density at radius 2 is 1.88 bits per heavy atom. The first kappa shape index (κ1) is 19.5. The zero-order valence-electron chi connectivity index (χ0n) is 14.5. The van der Waals surface area contributed by atoms with E-state index in [2.05, 4.69) is 16.2 Å². The number of carbonyl (C=O) groups is 2. The Bertz CT molecular complexity index is 885. The summed E-state index contributed by atoms with van der Waals surface area (Å²) in [4.78, 5) is 28.5. The van der Waals surface area contributed by atoms with Crippen molar-refractivity contribution in [1.29, 1.82) is 0 Å². The van der Waals surface area contributed by atoms with Crippen LogP contribution < -0.4 is 5.32 Å². The molecule has 2 aromatic rings. The number of hydrogen-bond donors (Lipinski definition) is 2. The van der Waals surface area contributed by atoms with E-state index in [4.69, 9.17) is 18.0 Å². The molecule has 0 bridgehead atoms. The fraction of sp³-hybridized carbons (Fsp3) is 0.250. The van der Waals surface area contributed by atoms with Crippen LogP contribution in [-0.2, 0) is 17.6 Å². The maximum absolute atomic E-state index is 12.3. The number of carbonyl (C=O) groups excluding carboxylic acids is 2. The average molecular weight is 371 g/mol. The number of nitrogens with zero attached hydrogens (tertiary/aromatic N) is 1. The second-order valence-corrected chi connectivity index (χ2v) is 6.86. The van der Waals surface area contributed by atoms with Crippen molar-refractivity contribution in [3.63, 3.8) is 0 Å². The van der Waals surface area contributed by atoms with Crippen molar-refractivity contribution in [3.05, 3.63) is 58.4 Å². The molecule has 1 aromatic heterocycles. The molecule has 0 fully saturated rings. The first-order chi connectivity index (χ1) is 12.2. The molecule has 134 valence electrons. The Morgan fingerprint density at radius 3 is 2.50 bits per heavy atom. The molecule has 0 aliphatic heterocycles. The molecule has 0 saturated carbocycles. The molecule has 1 heterocycles. The Hall–Kier alpha value is -2.84. The number of benzene rings is 1. The van der Waals surface area contributed by atoms with Crippen molar-refractivity contribution < 1.29 is 14.7 Å². The maximum Gasteiger partial charge on any atom is 0.271 e. The van der Waals surface area contributed by atoms with Crippen LogP contribution in [0.15, 0.2) is 36.5 Å². The van der Waals surface area contributed by atoms with E-state index in [0.29, 0.717) is 11.1 Å². The average Bonchev–Trinajstić information content (AvgIpc) is 2.58. The third kappa shape index (κ3) is 5.33. The van der Waals surface area contributed by atoms with Gasteiger partial charge in [-0.15, -0.1) is 6.42 Å². The molecule has 2 N–H and O–H groups in total.